The zero-order chi connectivity index (χ0) is 10.6. The first-order valence-electron chi connectivity index (χ1n) is 5.39. The van der Waals surface area contributed by atoms with Crippen LogP contribution in [-0.4, -0.2) is 66.1 Å². The predicted octanol–water partition coefficient (Wildman–Crippen LogP) is -7.76. The molecule has 1 fully saturated rings. The van der Waals surface area contributed by atoms with E-state index >= 15 is 0 Å². The van der Waals surface area contributed by atoms with Gasteiger partial charge in [-0.1, -0.05) is 0 Å². The summed E-state index contributed by atoms with van der Waals surface area (Å²) < 4.78 is 26.4. The summed E-state index contributed by atoms with van der Waals surface area (Å²) in [5.41, 5.74) is 0. The third-order valence-electron chi connectivity index (χ3n) is 1.86. The summed E-state index contributed by atoms with van der Waals surface area (Å²) in [6, 6.07) is 0. The average molecular weight is 473 g/mol. The Hall–Kier alpha value is 1.20. The van der Waals surface area contributed by atoms with Gasteiger partial charge in [0.1, 0.15) is 0 Å². The predicted molar refractivity (Wildman–Crippen MR) is 63.8 cm³/mol. The van der Waals surface area contributed by atoms with Crippen LogP contribution in [0.1, 0.15) is 0 Å². The molecule has 10 heteroatoms. The summed E-state index contributed by atoms with van der Waals surface area (Å²) >= 11 is 0. The van der Waals surface area contributed by atoms with Crippen molar-refractivity contribution in [3.05, 3.63) is 0 Å². The average Bonchev–Trinajstić information content (AvgIpc) is 2.27. The number of halogens is 2. The molecule has 1 heterocycles. The second-order valence-corrected chi connectivity index (χ2v) is 3.06. The van der Waals surface area contributed by atoms with Crippen molar-refractivity contribution in [3.8, 4) is 0 Å². The molecule has 1 radical (unpaired) electrons. The monoisotopic (exact) mass is 471 g/mol. The van der Waals surface area contributed by atoms with Crippen molar-refractivity contribution < 1.29 is 85.7 Å². The number of rotatable bonds is 0. The second kappa shape index (κ2) is 28.4. The first-order valence-corrected chi connectivity index (χ1v) is 5.39. The third kappa shape index (κ3) is 24.2. The van der Waals surface area contributed by atoms with Crippen LogP contribution < -0.4 is 34.0 Å². The van der Waals surface area contributed by atoms with Crippen LogP contribution >= 0.6 is 0 Å². The van der Waals surface area contributed by atoms with E-state index < -0.39 is 0 Å². The summed E-state index contributed by atoms with van der Waals surface area (Å²) in [7, 11) is 0. The minimum absolute atomic E-state index is 0. The minimum atomic E-state index is 0. The van der Waals surface area contributed by atoms with Crippen LogP contribution in [0.4, 0.5) is 0 Å². The number of hydrogen-bond donors (Lipinski definition) is 0. The van der Waals surface area contributed by atoms with Crippen LogP contribution in [0, 0.1) is 0 Å². The smallest absolute Gasteiger partial charge is 1.00 e. The number of ether oxygens (including phenoxy) is 5. The van der Waals surface area contributed by atoms with Gasteiger partial charge in [-0.05, 0) is 0 Å². The van der Waals surface area contributed by atoms with E-state index in [1.807, 2.05) is 0 Å². The van der Waals surface area contributed by atoms with E-state index in [-0.39, 0.29) is 62.0 Å². The fourth-order valence-electron chi connectivity index (χ4n) is 1.10. The van der Waals surface area contributed by atoms with Gasteiger partial charge in [0.25, 0.3) is 0 Å². The quantitative estimate of drug-likeness (QED) is 0.257. The van der Waals surface area contributed by atoms with E-state index in [9.17, 15) is 0 Å². The summed E-state index contributed by atoms with van der Waals surface area (Å²) in [6.45, 7) is 6.11. The van der Waals surface area contributed by atoms with Crippen LogP contribution in [0.3, 0.4) is 0 Å². The molecule has 127 valence electrons. The van der Waals surface area contributed by atoms with Gasteiger partial charge in [0.15, 0.2) is 0 Å². The molecule has 0 aliphatic carbocycles. The molecule has 1 aliphatic heterocycles. The number of hydrogen-bond acceptors (Lipinski definition) is 5. The molecule has 6 N–H and O–H groups in total. The van der Waals surface area contributed by atoms with Crippen molar-refractivity contribution in [1.82, 2.24) is 0 Å². The Morgan fingerprint density at radius 1 is 0.350 bits per heavy atom. The fourth-order valence-corrected chi connectivity index (χ4v) is 1.10. The van der Waals surface area contributed by atoms with Crippen LogP contribution in [0.25, 0.3) is 0 Å². The van der Waals surface area contributed by atoms with Gasteiger partial charge in [-0.3, -0.25) is 0 Å². The van der Waals surface area contributed by atoms with Gasteiger partial charge in [0, 0.05) is 0 Å². The molecule has 0 aromatic carbocycles. The maximum Gasteiger partial charge on any atom is 2.00 e. The first kappa shape index (κ1) is 33.0. The van der Waals surface area contributed by atoms with Crippen LogP contribution in [0.2, 0.25) is 0 Å². The Balaban J connectivity index is -0.000000150. The summed E-state index contributed by atoms with van der Waals surface area (Å²) in [5.74, 6) is 0. The first-order chi connectivity index (χ1) is 7.50. The van der Waals surface area contributed by atoms with Gasteiger partial charge < -0.3 is 68.6 Å². The van der Waals surface area contributed by atoms with E-state index in [0.29, 0.717) is 66.1 Å². The summed E-state index contributed by atoms with van der Waals surface area (Å²) in [6.07, 6.45) is 0. The van der Waals surface area contributed by atoms with Crippen molar-refractivity contribution >= 4 is 0 Å². The van der Waals surface area contributed by atoms with E-state index in [1.54, 1.807) is 0 Å². The molecule has 1 saturated heterocycles. The fraction of sp³-hybridized carbons (Fsp3) is 1.00. The molecule has 1 rings (SSSR count). The Morgan fingerprint density at radius 2 is 0.450 bits per heavy atom. The summed E-state index contributed by atoms with van der Waals surface area (Å²) in [4.78, 5) is 0. The second-order valence-electron chi connectivity index (χ2n) is 3.06. The molecule has 0 spiro atoms. The van der Waals surface area contributed by atoms with Gasteiger partial charge in [-0.25, -0.2) is 0 Å². The molecule has 0 atom stereocenters. The van der Waals surface area contributed by atoms with Crippen molar-refractivity contribution in [3.63, 3.8) is 0 Å². The van der Waals surface area contributed by atoms with E-state index in [2.05, 4.69) is 0 Å². The van der Waals surface area contributed by atoms with Gasteiger partial charge in [-0.15, -0.1) is 0 Å². The van der Waals surface area contributed by atoms with Crippen molar-refractivity contribution in [2.24, 2.45) is 0 Å². The van der Waals surface area contributed by atoms with Gasteiger partial charge in [-0.2, -0.15) is 0 Å². The standard InChI is InChI=1S/C10H20O5.2BrH.Mn.2H2O/c1-2-12-5-6-14-9-10-15-8-7-13-4-3-11-1;;;;;/h1-10H2;2*1H;;2*1H2/q;;;+2;;. The third-order valence-corrected chi connectivity index (χ3v) is 1.86. The topological polar surface area (TPSA) is 112 Å². The van der Waals surface area contributed by atoms with E-state index in [1.165, 1.54) is 0 Å². The van der Waals surface area contributed by atoms with E-state index in [0.717, 1.165) is 0 Å². The van der Waals surface area contributed by atoms with Crippen molar-refractivity contribution in [2.45, 2.75) is 0 Å². The Kier molecular flexibility index (Phi) is 46.8. The normalized spacial score (nSPS) is 18.0. The summed E-state index contributed by atoms with van der Waals surface area (Å²) in [5, 5.41) is 0. The Morgan fingerprint density at radius 3 is 0.550 bits per heavy atom. The largest absolute Gasteiger partial charge is 2.00 e. The minimum Gasteiger partial charge on any atom is -1.00 e. The molecule has 0 bridgehead atoms. The van der Waals surface area contributed by atoms with Gasteiger partial charge >= 0.3 is 17.1 Å². The molecule has 0 aromatic heterocycles. The SMILES string of the molecule is C1COCCOCCOCCOCCO1.[Br-].[Br-].[Mn+2].[OH3+].[OH3+]. The maximum absolute atomic E-state index is 5.28. The molecule has 20 heavy (non-hydrogen) atoms. The zero-order valence-corrected chi connectivity index (χ0v) is 15.8. The maximum atomic E-state index is 5.28. The van der Waals surface area contributed by atoms with Crippen LogP contribution in [0.5, 0.6) is 0 Å². The Bertz CT molecular complexity index is 90.2. The zero-order valence-electron chi connectivity index (χ0n) is 11.4. The Labute approximate surface area is 151 Å². The molecule has 1 aliphatic rings. The van der Waals surface area contributed by atoms with Gasteiger partial charge in [0.05, 0.1) is 66.1 Å². The van der Waals surface area contributed by atoms with Gasteiger partial charge in [0.2, 0.25) is 0 Å². The molecule has 0 unspecified atom stereocenters. The molecule has 7 nitrogen and oxygen atoms in total. The van der Waals surface area contributed by atoms with E-state index in [4.69, 9.17) is 23.7 Å². The van der Waals surface area contributed by atoms with Crippen LogP contribution in [0.15, 0.2) is 0 Å². The molecular formula is C10H26Br2MnO7+2. The van der Waals surface area contributed by atoms with Crippen molar-refractivity contribution in [2.75, 3.05) is 66.1 Å². The molecule has 0 saturated carbocycles. The van der Waals surface area contributed by atoms with Crippen molar-refractivity contribution in [1.29, 1.82) is 0 Å². The molecule has 0 amide bonds. The van der Waals surface area contributed by atoms with Crippen LogP contribution in [-0.2, 0) is 51.7 Å². The molecular weight excluding hydrogens is 447 g/mol. The molecule has 0 aromatic rings.